The molecule has 0 bridgehead atoms. The molecule has 2 aromatic carbocycles. The largest absolute Gasteiger partial charge is 0.493 e. The van der Waals surface area contributed by atoms with E-state index in [4.69, 9.17) is 14.5 Å². The second-order valence-electron chi connectivity index (χ2n) is 7.21. The molecular formula is C24H31N5O2. The van der Waals surface area contributed by atoms with Crippen molar-refractivity contribution in [1.82, 2.24) is 20.4 Å². The molecular weight excluding hydrogens is 390 g/mol. The first kappa shape index (κ1) is 22.2. The summed E-state index contributed by atoms with van der Waals surface area (Å²) in [6, 6.07) is 16.2. The Hall–Kier alpha value is -3.48. The predicted molar refractivity (Wildman–Crippen MR) is 124 cm³/mol. The van der Waals surface area contributed by atoms with Gasteiger partial charge in [0, 0.05) is 18.8 Å². The van der Waals surface area contributed by atoms with Gasteiger partial charge in [-0.05, 0) is 56.2 Å². The van der Waals surface area contributed by atoms with Crippen molar-refractivity contribution in [2.24, 2.45) is 4.99 Å². The molecule has 0 amide bonds. The molecule has 3 aromatic rings. The Bertz CT molecular complexity index is 1040. The van der Waals surface area contributed by atoms with Gasteiger partial charge >= 0.3 is 0 Å². The van der Waals surface area contributed by atoms with E-state index < -0.39 is 0 Å². The fourth-order valence-corrected chi connectivity index (χ4v) is 3.41. The van der Waals surface area contributed by atoms with E-state index in [-0.39, 0.29) is 0 Å². The molecule has 0 saturated carbocycles. The average molecular weight is 422 g/mol. The first-order valence-corrected chi connectivity index (χ1v) is 10.4. The summed E-state index contributed by atoms with van der Waals surface area (Å²) in [6.45, 7) is 8.06. The summed E-state index contributed by atoms with van der Waals surface area (Å²) in [7, 11) is 3.27. The van der Waals surface area contributed by atoms with E-state index >= 15 is 0 Å². The molecule has 0 spiro atoms. The monoisotopic (exact) mass is 421 g/mol. The molecule has 3 rings (SSSR count). The van der Waals surface area contributed by atoms with Crippen molar-refractivity contribution in [2.45, 2.75) is 33.9 Å². The van der Waals surface area contributed by atoms with Crippen molar-refractivity contribution < 1.29 is 9.47 Å². The maximum Gasteiger partial charge on any atom is 0.191 e. The zero-order valence-corrected chi connectivity index (χ0v) is 18.9. The maximum absolute atomic E-state index is 5.39. The van der Waals surface area contributed by atoms with Crippen molar-refractivity contribution in [3.63, 3.8) is 0 Å². The highest BCUT2D eigenvalue weighted by atomic mass is 16.5. The molecule has 1 aromatic heterocycles. The van der Waals surface area contributed by atoms with E-state index in [0.29, 0.717) is 24.6 Å². The molecule has 2 N–H and O–H groups in total. The lowest BCUT2D eigenvalue weighted by Crippen LogP contribution is -2.37. The second-order valence-corrected chi connectivity index (χ2v) is 7.21. The summed E-state index contributed by atoms with van der Waals surface area (Å²) < 4.78 is 12.7. The van der Waals surface area contributed by atoms with Gasteiger partial charge in [0.25, 0.3) is 0 Å². The molecule has 1 heterocycles. The minimum absolute atomic E-state index is 0.523. The number of hydrogen-bond donors (Lipinski definition) is 2. The molecule has 0 aliphatic heterocycles. The first-order chi connectivity index (χ1) is 15.0. The molecule has 0 aliphatic carbocycles. The van der Waals surface area contributed by atoms with Gasteiger partial charge in [-0.3, -0.25) is 0 Å². The lowest BCUT2D eigenvalue weighted by Gasteiger charge is -2.15. The van der Waals surface area contributed by atoms with Crippen molar-refractivity contribution in [1.29, 1.82) is 0 Å². The van der Waals surface area contributed by atoms with Crippen molar-refractivity contribution in [2.75, 3.05) is 20.8 Å². The number of aryl methyl sites for hydroxylation is 2. The third-order valence-corrected chi connectivity index (χ3v) is 4.89. The number of rotatable bonds is 8. The summed E-state index contributed by atoms with van der Waals surface area (Å²) in [6.07, 6.45) is 0. The summed E-state index contributed by atoms with van der Waals surface area (Å²) in [5.41, 5.74) is 5.36. The summed E-state index contributed by atoms with van der Waals surface area (Å²) in [5.74, 6) is 2.16. The number of nitrogens with zero attached hydrogens (tertiary/aromatic N) is 3. The molecule has 0 atom stereocenters. The Morgan fingerprint density at radius 1 is 1.00 bits per heavy atom. The molecule has 7 heteroatoms. The molecule has 7 nitrogen and oxygen atoms in total. The van der Waals surface area contributed by atoms with E-state index in [1.54, 1.807) is 14.2 Å². The summed E-state index contributed by atoms with van der Waals surface area (Å²) in [4.78, 5) is 4.73. The van der Waals surface area contributed by atoms with Crippen LogP contribution in [0.2, 0.25) is 0 Å². The number of benzene rings is 2. The van der Waals surface area contributed by atoms with E-state index in [1.165, 1.54) is 0 Å². The van der Waals surface area contributed by atoms with Crippen LogP contribution >= 0.6 is 0 Å². The van der Waals surface area contributed by atoms with Gasteiger partial charge in [-0.2, -0.15) is 5.10 Å². The zero-order valence-electron chi connectivity index (χ0n) is 18.9. The van der Waals surface area contributed by atoms with E-state index in [2.05, 4.69) is 47.8 Å². The number of ether oxygens (including phenoxy) is 2. The number of para-hydroxylation sites is 1. The van der Waals surface area contributed by atoms with Crippen LogP contribution in [0.4, 0.5) is 0 Å². The van der Waals surface area contributed by atoms with Crippen molar-refractivity contribution >= 4 is 5.96 Å². The molecule has 31 heavy (non-hydrogen) atoms. The number of aromatic nitrogens is 2. The smallest absolute Gasteiger partial charge is 0.191 e. The van der Waals surface area contributed by atoms with Crippen molar-refractivity contribution in [3.05, 3.63) is 71.0 Å². The Kier molecular flexibility index (Phi) is 7.54. The van der Waals surface area contributed by atoms with Crippen LogP contribution in [0.1, 0.15) is 29.4 Å². The third-order valence-electron chi connectivity index (χ3n) is 4.89. The number of nitrogens with one attached hydrogen (secondary N) is 2. The number of hydrogen-bond acceptors (Lipinski definition) is 4. The lowest BCUT2D eigenvalue weighted by molar-refractivity contribution is 0.354. The molecule has 0 aliphatic rings. The molecule has 0 radical (unpaired) electrons. The van der Waals surface area contributed by atoms with Gasteiger partial charge < -0.3 is 20.1 Å². The van der Waals surface area contributed by atoms with E-state index in [0.717, 1.165) is 40.7 Å². The van der Waals surface area contributed by atoms with Gasteiger partial charge in [-0.1, -0.05) is 24.3 Å². The SMILES string of the molecule is CCNC(=NCc1ccc(OC)c(OC)c1)NCc1ccccc1-n1nc(C)cc1C. The van der Waals surface area contributed by atoms with Crippen molar-refractivity contribution in [3.8, 4) is 17.2 Å². The highest BCUT2D eigenvalue weighted by molar-refractivity contribution is 5.79. The molecule has 0 saturated heterocycles. The second kappa shape index (κ2) is 10.5. The van der Waals surface area contributed by atoms with E-state index in [9.17, 15) is 0 Å². The normalized spacial score (nSPS) is 11.3. The zero-order chi connectivity index (χ0) is 22.2. The molecule has 0 fully saturated rings. The Morgan fingerprint density at radius 2 is 1.77 bits per heavy atom. The Morgan fingerprint density at radius 3 is 2.45 bits per heavy atom. The lowest BCUT2D eigenvalue weighted by atomic mass is 10.1. The van der Waals surface area contributed by atoms with Crippen LogP contribution in [0.5, 0.6) is 11.5 Å². The van der Waals surface area contributed by atoms with Gasteiger partial charge in [0.05, 0.1) is 32.1 Å². The summed E-state index contributed by atoms with van der Waals surface area (Å²) in [5, 5.41) is 11.4. The van der Waals surface area contributed by atoms with Gasteiger partial charge in [0.2, 0.25) is 0 Å². The Balaban J connectivity index is 1.75. The predicted octanol–water partition coefficient (Wildman–Crippen LogP) is 3.76. The Labute approximate surface area is 184 Å². The van der Waals surface area contributed by atoms with Crippen LogP contribution in [0.15, 0.2) is 53.5 Å². The maximum atomic E-state index is 5.39. The highest BCUT2D eigenvalue weighted by Crippen LogP contribution is 2.27. The van der Waals surface area contributed by atoms with Gasteiger partial charge in [0.15, 0.2) is 17.5 Å². The van der Waals surface area contributed by atoms with Crippen LogP contribution in [0.3, 0.4) is 0 Å². The number of methoxy groups -OCH3 is 2. The molecule has 0 unspecified atom stereocenters. The van der Waals surface area contributed by atoms with Gasteiger partial charge in [0.1, 0.15) is 0 Å². The fraction of sp³-hybridized carbons (Fsp3) is 0.333. The minimum Gasteiger partial charge on any atom is -0.493 e. The highest BCUT2D eigenvalue weighted by Gasteiger charge is 2.10. The van der Waals surface area contributed by atoms with Crippen LogP contribution < -0.4 is 20.1 Å². The van der Waals surface area contributed by atoms with Gasteiger partial charge in [-0.25, -0.2) is 9.67 Å². The summed E-state index contributed by atoms with van der Waals surface area (Å²) >= 11 is 0. The van der Waals surface area contributed by atoms with Crippen LogP contribution in [-0.4, -0.2) is 36.5 Å². The van der Waals surface area contributed by atoms with Crippen LogP contribution in [0.25, 0.3) is 5.69 Å². The minimum atomic E-state index is 0.523. The number of guanidine groups is 1. The third kappa shape index (κ3) is 5.57. The number of aliphatic imine (C=N–C) groups is 1. The van der Waals surface area contributed by atoms with Crippen LogP contribution in [-0.2, 0) is 13.1 Å². The van der Waals surface area contributed by atoms with Crippen LogP contribution in [0, 0.1) is 13.8 Å². The topological polar surface area (TPSA) is 72.7 Å². The molecule has 164 valence electrons. The van der Waals surface area contributed by atoms with Gasteiger partial charge in [-0.15, -0.1) is 0 Å². The first-order valence-electron chi connectivity index (χ1n) is 10.4. The quantitative estimate of drug-likeness (QED) is 0.428. The average Bonchev–Trinajstić information content (AvgIpc) is 3.13. The van der Waals surface area contributed by atoms with E-state index in [1.807, 2.05) is 41.9 Å². The fourth-order valence-electron chi connectivity index (χ4n) is 3.41. The standard InChI is InChI=1S/C24H31N5O2/c1-6-25-24(26-15-19-11-12-22(30-4)23(14-19)31-5)27-16-20-9-7-8-10-21(20)29-18(3)13-17(2)28-29/h7-14H,6,15-16H2,1-5H3,(H2,25,26,27).